The van der Waals surface area contributed by atoms with Gasteiger partial charge in [-0.3, -0.25) is 4.98 Å². The number of hydrogen-bond donors (Lipinski definition) is 2. The van der Waals surface area contributed by atoms with Gasteiger partial charge in [0.05, 0.1) is 17.6 Å². The van der Waals surface area contributed by atoms with Gasteiger partial charge in [-0.1, -0.05) is 0 Å². The maximum absolute atomic E-state index is 5.73. The quantitative estimate of drug-likeness (QED) is 0.790. The maximum atomic E-state index is 5.73. The molecule has 72 valence electrons. The number of rotatable bonds is 2. The average molecular weight is 206 g/mol. The van der Waals surface area contributed by atoms with E-state index in [0.717, 1.165) is 10.8 Å². The molecule has 0 aromatic carbocycles. The lowest BCUT2D eigenvalue weighted by molar-refractivity contribution is 1.31. The number of pyridine rings is 1. The molecule has 0 fully saturated rings. The van der Waals surface area contributed by atoms with Crippen molar-refractivity contribution in [3.05, 3.63) is 29.5 Å². The van der Waals surface area contributed by atoms with Crippen molar-refractivity contribution in [3.8, 4) is 0 Å². The number of thiazole rings is 1. The number of anilines is 3. The van der Waals surface area contributed by atoms with E-state index in [-0.39, 0.29) is 0 Å². The molecule has 0 unspecified atom stereocenters. The monoisotopic (exact) mass is 206 g/mol. The van der Waals surface area contributed by atoms with Crippen LogP contribution in [0.3, 0.4) is 0 Å². The van der Waals surface area contributed by atoms with Crippen LogP contribution in [0.15, 0.2) is 24.7 Å². The number of nitrogens with two attached hydrogens (primary N) is 1. The molecule has 2 rings (SSSR count). The molecule has 3 N–H and O–H groups in total. The van der Waals surface area contributed by atoms with Crippen molar-refractivity contribution in [2.45, 2.75) is 6.92 Å². The molecule has 0 bridgehead atoms. The summed E-state index contributed by atoms with van der Waals surface area (Å²) in [5, 5.41) is 3.98. The summed E-state index contributed by atoms with van der Waals surface area (Å²) < 4.78 is 0. The van der Waals surface area contributed by atoms with Crippen molar-refractivity contribution in [1.82, 2.24) is 9.97 Å². The fraction of sp³-hybridized carbons (Fsp3) is 0.111. The molecule has 2 aromatic heterocycles. The third-order valence-corrected chi connectivity index (χ3v) is 2.54. The molecule has 0 amide bonds. The maximum Gasteiger partial charge on any atom is 0.187 e. The van der Waals surface area contributed by atoms with Gasteiger partial charge in [0.1, 0.15) is 0 Å². The molecule has 0 aliphatic carbocycles. The number of nitrogens with zero attached hydrogens (tertiary/aromatic N) is 2. The van der Waals surface area contributed by atoms with Crippen molar-refractivity contribution >= 4 is 27.8 Å². The minimum Gasteiger partial charge on any atom is -0.396 e. The van der Waals surface area contributed by atoms with Crippen molar-refractivity contribution in [2.75, 3.05) is 11.1 Å². The van der Waals surface area contributed by atoms with Crippen LogP contribution in [-0.2, 0) is 0 Å². The SMILES string of the molecule is Cc1cnc(Nc2ccncc2N)s1. The van der Waals surface area contributed by atoms with Gasteiger partial charge < -0.3 is 11.1 Å². The van der Waals surface area contributed by atoms with Gasteiger partial charge in [0.25, 0.3) is 0 Å². The summed E-state index contributed by atoms with van der Waals surface area (Å²) in [7, 11) is 0. The van der Waals surface area contributed by atoms with E-state index in [1.807, 2.05) is 19.2 Å². The Hall–Kier alpha value is -1.62. The van der Waals surface area contributed by atoms with Gasteiger partial charge in [0.2, 0.25) is 0 Å². The molecular weight excluding hydrogens is 196 g/mol. The van der Waals surface area contributed by atoms with Gasteiger partial charge in [-0.05, 0) is 13.0 Å². The van der Waals surface area contributed by atoms with Crippen molar-refractivity contribution in [2.24, 2.45) is 0 Å². The fourth-order valence-electron chi connectivity index (χ4n) is 1.05. The minimum absolute atomic E-state index is 0.625. The normalized spacial score (nSPS) is 10.1. The topological polar surface area (TPSA) is 63.8 Å². The van der Waals surface area contributed by atoms with E-state index in [1.54, 1.807) is 23.7 Å². The highest BCUT2D eigenvalue weighted by molar-refractivity contribution is 7.15. The molecule has 0 aliphatic rings. The smallest absolute Gasteiger partial charge is 0.187 e. The van der Waals surface area contributed by atoms with E-state index in [0.29, 0.717) is 5.69 Å². The van der Waals surface area contributed by atoms with Crippen LogP contribution in [0.5, 0.6) is 0 Å². The Balaban J connectivity index is 2.23. The van der Waals surface area contributed by atoms with Crippen LogP contribution in [0.1, 0.15) is 4.88 Å². The first-order chi connectivity index (χ1) is 6.75. The summed E-state index contributed by atoms with van der Waals surface area (Å²) in [6.45, 7) is 2.01. The molecule has 0 aliphatic heterocycles. The van der Waals surface area contributed by atoms with E-state index in [2.05, 4.69) is 15.3 Å². The van der Waals surface area contributed by atoms with E-state index < -0.39 is 0 Å². The second-order valence-electron chi connectivity index (χ2n) is 2.86. The first-order valence-electron chi connectivity index (χ1n) is 4.14. The molecule has 4 nitrogen and oxygen atoms in total. The van der Waals surface area contributed by atoms with Gasteiger partial charge in [0.15, 0.2) is 5.13 Å². The molecular formula is C9H10N4S. The van der Waals surface area contributed by atoms with Crippen LogP contribution >= 0.6 is 11.3 Å². The molecule has 0 spiro atoms. The molecule has 2 heterocycles. The van der Waals surface area contributed by atoms with Crippen molar-refractivity contribution in [1.29, 1.82) is 0 Å². The van der Waals surface area contributed by atoms with E-state index in [1.165, 1.54) is 4.88 Å². The lowest BCUT2D eigenvalue weighted by Crippen LogP contribution is -1.95. The zero-order chi connectivity index (χ0) is 9.97. The number of nitrogen functional groups attached to an aromatic ring is 1. The van der Waals surface area contributed by atoms with Crippen molar-refractivity contribution < 1.29 is 0 Å². The van der Waals surface area contributed by atoms with E-state index >= 15 is 0 Å². The first-order valence-corrected chi connectivity index (χ1v) is 4.96. The molecule has 5 heteroatoms. The van der Waals surface area contributed by atoms with Gasteiger partial charge >= 0.3 is 0 Å². The van der Waals surface area contributed by atoms with Gasteiger partial charge in [-0.25, -0.2) is 4.98 Å². The van der Waals surface area contributed by atoms with Gasteiger partial charge in [-0.2, -0.15) is 0 Å². The zero-order valence-corrected chi connectivity index (χ0v) is 8.51. The van der Waals surface area contributed by atoms with Gasteiger partial charge in [-0.15, -0.1) is 11.3 Å². The summed E-state index contributed by atoms with van der Waals surface area (Å²) in [4.78, 5) is 9.26. The number of aryl methyl sites for hydroxylation is 1. The minimum atomic E-state index is 0.625. The molecule has 0 saturated heterocycles. The van der Waals surface area contributed by atoms with Gasteiger partial charge in [0, 0.05) is 17.3 Å². The molecule has 0 atom stereocenters. The lowest BCUT2D eigenvalue weighted by Gasteiger charge is -2.04. The largest absolute Gasteiger partial charge is 0.396 e. The Morgan fingerprint density at radius 1 is 1.43 bits per heavy atom. The van der Waals surface area contributed by atoms with Crippen LogP contribution in [-0.4, -0.2) is 9.97 Å². The summed E-state index contributed by atoms with van der Waals surface area (Å²) in [6.07, 6.45) is 5.13. The van der Waals surface area contributed by atoms with Crippen LogP contribution in [0.2, 0.25) is 0 Å². The Labute approximate surface area is 85.8 Å². The Morgan fingerprint density at radius 2 is 2.29 bits per heavy atom. The third kappa shape index (κ3) is 1.82. The Morgan fingerprint density at radius 3 is 2.93 bits per heavy atom. The highest BCUT2D eigenvalue weighted by Crippen LogP contribution is 2.24. The summed E-state index contributed by atoms with van der Waals surface area (Å²) >= 11 is 1.59. The third-order valence-electron chi connectivity index (χ3n) is 1.71. The standard InChI is InChI=1S/C9H10N4S/c1-6-4-12-9(14-6)13-8-2-3-11-5-7(8)10/h2-5H,10H2,1H3,(H,11,12,13). The van der Waals surface area contributed by atoms with Crippen LogP contribution in [0, 0.1) is 6.92 Å². The molecule has 0 radical (unpaired) electrons. The summed E-state index contributed by atoms with van der Waals surface area (Å²) in [5.74, 6) is 0. The number of nitrogens with one attached hydrogen (secondary N) is 1. The Kier molecular flexibility index (Phi) is 2.32. The molecule has 2 aromatic rings. The molecule has 14 heavy (non-hydrogen) atoms. The summed E-state index contributed by atoms with van der Waals surface area (Å²) in [6, 6.07) is 1.83. The number of aromatic nitrogens is 2. The van der Waals surface area contributed by atoms with Crippen LogP contribution in [0.4, 0.5) is 16.5 Å². The highest BCUT2D eigenvalue weighted by Gasteiger charge is 2.01. The zero-order valence-electron chi connectivity index (χ0n) is 7.69. The first kappa shape index (κ1) is 8.96. The average Bonchev–Trinajstić information content (AvgIpc) is 2.56. The summed E-state index contributed by atoms with van der Waals surface area (Å²) in [5.41, 5.74) is 7.19. The second kappa shape index (κ2) is 3.63. The van der Waals surface area contributed by atoms with Crippen LogP contribution < -0.4 is 11.1 Å². The predicted octanol–water partition coefficient (Wildman–Crippen LogP) is 2.17. The Bertz CT molecular complexity index is 438. The molecule has 0 saturated carbocycles. The second-order valence-corrected chi connectivity index (χ2v) is 4.10. The lowest BCUT2D eigenvalue weighted by atomic mass is 10.3. The van der Waals surface area contributed by atoms with Crippen LogP contribution in [0.25, 0.3) is 0 Å². The van der Waals surface area contributed by atoms with E-state index in [9.17, 15) is 0 Å². The van der Waals surface area contributed by atoms with E-state index in [4.69, 9.17) is 5.73 Å². The highest BCUT2D eigenvalue weighted by atomic mass is 32.1. The predicted molar refractivity (Wildman–Crippen MR) is 58.8 cm³/mol. The fourth-order valence-corrected chi connectivity index (χ4v) is 1.73. The van der Waals surface area contributed by atoms with Crippen molar-refractivity contribution in [3.63, 3.8) is 0 Å². The number of hydrogen-bond acceptors (Lipinski definition) is 5.